The summed E-state index contributed by atoms with van der Waals surface area (Å²) in [5, 5.41) is 9.44. The van der Waals surface area contributed by atoms with E-state index in [-0.39, 0.29) is 0 Å². The Morgan fingerprint density at radius 2 is 2.17 bits per heavy atom. The minimum Gasteiger partial charge on any atom is -0.464 e. The molecule has 0 saturated carbocycles. The summed E-state index contributed by atoms with van der Waals surface area (Å²) < 4.78 is 5.02. The van der Waals surface area contributed by atoms with Gasteiger partial charge in [0.15, 0.2) is 6.29 Å². The van der Waals surface area contributed by atoms with Crippen LogP contribution in [0.2, 0.25) is 5.02 Å². The maximum absolute atomic E-state index is 8.92. The van der Waals surface area contributed by atoms with Gasteiger partial charge in [0.1, 0.15) is 5.75 Å². The van der Waals surface area contributed by atoms with E-state index in [1.54, 1.807) is 12.1 Å². The zero-order valence-corrected chi connectivity index (χ0v) is 7.80. The third kappa shape index (κ3) is 2.40. The van der Waals surface area contributed by atoms with Gasteiger partial charge in [-0.2, -0.15) is 0 Å². The molecule has 0 aromatic heterocycles. The van der Waals surface area contributed by atoms with E-state index in [0.717, 1.165) is 5.56 Å². The second kappa shape index (κ2) is 3.78. The van der Waals surface area contributed by atoms with Gasteiger partial charge in [0.25, 0.3) is 0 Å². The van der Waals surface area contributed by atoms with E-state index >= 15 is 0 Å². The monoisotopic (exact) mass is 186 g/mol. The van der Waals surface area contributed by atoms with Crippen molar-refractivity contribution in [1.29, 1.82) is 0 Å². The van der Waals surface area contributed by atoms with Gasteiger partial charge in [-0.25, -0.2) is 0 Å². The summed E-state index contributed by atoms with van der Waals surface area (Å²) in [7, 11) is 0. The van der Waals surface area contributed by atoms with Crippen LogP contribution < -0.4 is 4.74 Å². The molecule has 1 unspecified atom stereocenters. The lowest BCUT2D eigenvalue weighted by molar-refractivity contribution is -0.000232. The van der Waals surface area contributed by atoms with Crippen molar-refractivity contribution >= 4 is 11.6 Å². The lowest BCUT2D eigenvalue weighted by Gasteiger charge is -2.10. The number of halogens is 1. The van der Waals surface area contributed by atoms with E-state index in [2.05, 4.69) is 0 Å². The van der Waals surface area contributed by atoms with E-state index in [1.165, 1.54) is 6.92 Å². The highest BCUT2D eigenvalue weighted by atomic mass is 35.5. The van der Waals surface area contributed by atoms with Gasteiger partial charge in [0.2, 0.25) is 0 Å². The minimum atomic E-state index is -0.829. The summed E-state index contributed by atoms with van der Waals surface area (Å²) in [6.45, 7) is 3.48. The molecule has 3 heteroatoms. The fourth-order valence-electron chi connectivity index (χ4n) is 0.885. The number of ether oxygens (including phenoxy) is 1. The van der Waals surface area contributed by atoms with Crippen molar-refractivity contribution in [2.24, 2.45) is 0 Å². The highest BCUT2D eigenvalue weighted by molar-refractivity contribution is 6.32. The predicted octanol–water partition coefficient (Wildman–Crippen LogP) is 2.37. The van der Waals surface area contributed by atoms with Crippen molar-refractivity contribution in [3.8, 4) is 5.75 Å². The van der Waals surface area contributed by atoms with Gasteiger partial charge in [-0.05, 0) is 31.5 Å². The van der Waals surface area contributed by atoms with E-state index < -0.39 is 6.29 Å². The second-order valence-electron chi connectivity index (χ2n) is 2.65. The molecule has 0 amide bonds. The average Bonchev–Trinajstić information content (AvgIpc) is 1.94. The van der Waals surface area contributed by atoms with Gasteiger partial charge < -0.3 is 9.84 Å². The molecule has 0 aliphatic carbocycles. The summed E-state index contributed by atoms with van der Waals surface area (Å²) in [5.41, 5.74) is 1.07. The van der Waals surface area contributed by atoms with Crippen molar-refractivity contribution in [2.45, 2.75) is 20.1 Å². The zero-order chi connectivity index (χ0) is 9.14. The summed E-state index contributed by atoms with van der Waals surface area (Å²) in [6, 6.07) is 5.41. The maximum atomic E-state index is 8.92. The van der Waals surface area contributed by atoms with E-state index in [9.17, 15) is 0 Å². The largest absolute Gasteiger partial charge is 0.464 e. The summed E-state index contributed by atoms with van der Waals surface area (Å²) in [5.74, 6) is 0.511. The Morgan fingerprint density at radius 3 is 2.67 bits per heavy atom. The van der Waals surface area contributed by atoms with Crippen LogP contribution >= 0.6 is 11.6 Å². The van der Waals surface area contributed by atoms with E-state index in [4.69, 9.17) is 21.4 Å². The molecule has 1 atom stereocenters. The number of aryl methyl sites for hydroxylation is 1. The first kappa shape index (κ1) is 9.36. The smallest absolute Gasteiger partial charge is 0.194 e. The lowest BCUT2D eigenvalue weighted by Crippen LogP contribution is -2.09. The molecule has 0 bridgehead atoms. The molecule has 0 heterocycles. The first-order chi connectivity index (χ1) is 5.59. The fourth-order valence-corrected chi connectivity index (χ4v) is 1.16. The number of hydrogen-bond acceptors (Lipinski definition) is 2. The molecule has 0 spiro atoms. The quantitative estimate of drug-likeness (QED) is 0.719. The molecule has 0 fully saturated rings. The third-order valence-electron chi connectivity index (χ3n) is 1.38. The third-order valence-corrected chi connectivity index (χ3v) is 1.68. The van der Waals surface area contributed by atoms with Crippen LogP contribution in [-0.4, -0.2) is 11.4 Å². The molecule has 1 rings (SSSR count). The minimum absolute atomic E-state index is 0.511. The molecular formula is C9H11ClO2. The van der Waals surface area contributed by atoms with Crippen LogP contribution in [0.3, 0.4) is 0 Å². The van der Waals surface area contributed by atoms with Gasteiger partial charge in [-0.15, -0.1) is 0 Å². The summed E-state index contributed by atoms with van der Waals surface area (Å²) in [4.78, 5) is 0. The molecule has 66 valence electrons. The van der Waals surface area contributed by atoms with E-state index in [0.29, 0.717) is 10.8 Å². The van der Waals surface area contributed by atoms with Crippen molar-refractivity contribution in [3.05, 3.63) is 28.8 Å². The van der Waals surface area contributed by atoms with Crippen LogP contribution in [0.15, 0.2) is 18.2 Å². The Labute approximate surface area is 76.7 Å². The Balaban J connectivity index is 2.86. The topological polar surface area (TPSA) is 29.5 Å². The van der Waals surface area contributed by atoms with Crippen molar-refractivity contribution < 1.29 is 9.84 Å². The van der Waals surface area contributed by atoms with Crippen LogP contribution in [0.1, 0.15) is 12.5 Å². The van der Waals surface area contributed by atoms with Crippen LogP contribution in [0.4, 0.5) is 0 Å². The van der Waals surface area contributed by atoms with Crippen LogP contribution in [0, 0.1) is 6.92 Å². The fraction of sp³-hybridized carbons (Fsp3) is 0.333. The SMILES string of the molecule is Cc1ccc(OC(C)O)c(Cl)c1. The first-order valence-electron chi connectivity index (χ1n) is 3.70. The highest BCUT2D eigenvalue weighted by Gasteiger charge is 2.03. The Bertz CT molecular complexity index is 271. The normalized spacial score (nSPS) is 12.7. The number of hydrogen-bond donors (Lipinski definition) is 1. The molecule has 0 saturated heterocycles. The molecule has 0 radical (unpaired) electrons. The molecular weight excluding hydrogens is 176 g/mol. The number of benzene rings is 1. The molecule has 0 aliphatic heterocycles. The number of rotatable bonds is 2. The van der Waals surface area contributed by atoms with Crippen molar-refractivity contribution in [1.82, 2.24) is 0 Å². The van der Waals surface area contributed by atoms with Gasteiger partial charge in [0.05, 0.1) is 5.02 Å². The average molecular weight is 187 g/mol. The molecule has 1 N–H and O–H groups in total. The lowest BCUT2D eigenvalue weighted by atomic mass is 10.2. The van der Waals surface area contributed by atoms with Crippen LogP contribution in [0.5, 0.6) is 5.75 Å². The van der Waals surface area contributed by atoms with Gasteiger partial charge >= 0.3 is 0 Å². The van der Waals surface area contributed by atoms with E-state index in [1.807, 2.05) is 13.0 Å². The van der Waals surface area contributed by atoms with Crippen LogP contribution in [-0.2, 0) is 0 Å². The Kier molecular flexibility index (Phi) is 2.95. The predicted molar refractivity (Wildman–Crippen MR) is 48.5 cm³/mol. The summed E-state index contributed by atoms with van der Waals surface area (Å²) >= 11 is 5.84. The molecule has 1 aromatic carbocycles. The summed E-state index contributed by atoms with van der Waals surface area (Å²) in [6.07, 6.45) is -0.829. The van der Waals surface area contributed by atoms with Crippen LogP contribution in [0.25, 0.3) is 0 Å². The van der Waals surface area contributed by atoms with Crippen molar-refractivity contribution in [2.75, 3.05) is 0 Å². The second-order valence-corrected chi connectivity index (χ2v) is 3.06. The Morgan fingerprint density at radius 1 is 1.50 bits per heavy atom. The zero-order valence-electron chi connectivity index (χ0n) is 7.04. The van der Waals surface area contributed by atoms with Gasteiger partial charge in [-0.3, -0.25) is 0 Å². The number of aliphatic hydroxyl groups excluding tert-OH is 1. The van der Waals surface area contributed by atoms with Crippen molar-refractivity contribution in [3.63, 3.8) is 0 Å². The number of aliphatic hydroxyl groups is 1. The molecule has 2 nitrogen and oxygen atoms in total. The standard InChI is InChI=1S/C9H11ClO2/c1-6-3-4-9(8(10)5-6)12-7(2)11/h3-5,7,11H,1-2H3. The highest BCUT2D eigenvalue weighted by Crippen LogP contribution is 2.25. The maximum Gasteiger partial charge on any atom is 0.194 e. The molecule has 0 aliphatic rings. The first-order valence-corrected chi connectivity index (χ1v) is 4.08. The van der Waals surface area contributed by atoms with Gasteiger partial charge in [0, 0.05) is 0 Å². The molecule has 1 aromatic rings. The molecule has 12 heavy (non-hydrogen) atoms. The van der Waals surface area contributed by atoms with Gasteiger partial charge in [-0.1, -0.05) is 17.7 Å². The Hall–Kier alpha value is -0.730.